The van der Waals surface area contributed by atoms with Gasteiger partial charge in [-0.15, -0.1) is 0 Å². The first-order valence-corrected chi connectivity index (χ1v) is 6.79. The highest BCUT2D eigenvalue weighted by Crippen LogP contribution is 2.16. The largest absolute Gasteiger partial charge is 0.474 e. The van der Waals surface area contributed by atoms with Crippen LogP contribution in [-0.2, 0) is 16.1 Å². The molecule has 0 aliphatic carbocycles. The fraction of sp³-hybridized carbons (Fsp3) is 0.467. The van der Waals surface area contributed by atoms with Gasteiger partial charge in [0.15, 0.2) is 0 Å². The van der Waals surface area contributed by atoms with Gasteiger partial charge in [-0.05, 0) is 19.2 Å². The highest BCUT2D eigenvalue weighted by molar-refractivity contribution is 5.81. The number of carbonyl (C=O) groups excluding carboxylic acids is 1. The van der Waals surface area contributed by atoms with E-state index in [1.165, 1.54) is 0 Å². The topological polar surface area (TPSA) is 51.7 Å². The smallest absolute Gasteiger partial charge is 0.330 e. The van der Waals surface area contributed by atoms with Crippen LogP contribution in [0.15, 0.2) is 31.0 Å². The van der Waals surface area contributed by atoms with Gasteiger partial charge in [0.2, 0.25) is 5.88 Å². The number of hydrogen-bond acceptors (Lipinski definition) is 5. The quantitative estimate of drug-likeness (QED) is 0.393. The van der Waals surface area contributed by atoms with Gasteiger partial charge in [0.1, 0.15) is 13.2 Å². The average Bonchev–Trinajstić information content (AvgIpc) is 2.49. The van der Waals surface area contributed by atoms with Crippen LogP contribution in [0.25, 0.3) is 0 Å². The van der Waals surface area contributed by atoms with Crippen molar-refractivity contribution in [2.75, 3.05) is 26.3 Å². The van der Waals surface area contributed by atoms with Crippen molar-refractivity contribution in [1.82, 2.24) is 9.88 Å². The molecule has 0 amide bonds. The second-order valence-corrected chi connectivity index (χ2v) is 4.15. The number of carbonyl (C=O) groups is 1. The molecule has 0 fully saturated rings. The van der Waals surface area contributed by atoms with Gasteiger partial charge in [-0.25, -0.2) is 9.78 Å². The molecular formula is C15H22N2O3. The molecule has 0 aromatic carbocycles. The van der Waals surface area contributed by atoms with Crippen LogP contribution in [0.4, 0.5) is 0 Å². The van der Waals surface area contributed by atoms with Crippen molar-refractivity contribution < 1.29 is 14.3 Å². The van der Waals surface area contributed by atoms with Gasteiger partial charge in [0.25, 0.3) is 0 Å². The van der Waals surface area contributed by atoms with Crippen molar-refractivity contribution >= 4 is 5.97 Å². The number of hydrogen-bond donors (Lipinski definition) is 0. The summed E-state index contributed by atoms with van der Waals surface area (Å²) in [7, 11) is 0. The van der Waals surface area contributed by atoms with E-state index in [9.17, 15) is 4.79 Å². The van der Waals surface area contributed by atoms with E-state index in [1.807, 2.05) is 12.1 Å². The molecule has 0 aliphatic heterocycles. The highest BCUT2D eigenvalue weighted by Gasteiger charge is 2.08. The first kappa shape index (κ1) is 16.2. The molecule has 0 saturated heterocycles. The summed E-state index contributed by atoms with van der Waals surface area (Å²) >= 11 is 0. The minimum atomic E-state index is -0.446. The maximum Gasteiger partial charge on any atom is 0.330 e. The lowest BCUT2D eigenvalue weighted by Gasteiger charge is -2.19. The standard InChI is InChI=1S/C15H22N2O3/c1-4-14(18)19-10-11-20-15-13(8-7-9-16-15)12-17(5-2)6-3/h4,7-9H,1,5-6,10-12H2,2-3H3. The van der Waals surface area contributed by atoms with Crippen LogP contribution in [0.2, 0.25) is 0 Å². The first-order valence-electron chi connectivity index (χ1n) is 6.79. The molecule has 0 bridgehead atoms. The fourth-order valence-corrected chi connectivity index (χ4v) is 1.70. The zero-order chi connectivity index (χ0) is 14.8. The van der Waals surface area contributed by atoms with Crippen LogP contribution < -0.4 is 4.74 Å². The summed E-state index contributed by atoms with van der Waals surface area (Å²) in [4.78, 5) is 17.4. The van der Waals surface area contributed by atoms with Crippen molar-refractivity contribution in [3.05, 3.63) is 36.5 Å². The zero-order valence-corrected chi connectivity index (χ0v) is 12.2. The van der Waals surface area contributed by atoms with Gasteiger partial charge >= 0.3 is 5.97 Å². The van der Waals surface area contributed by atoms with Crippen molar-refractivity contribution in [2.45, 2.75) is 20.4 Å². The van der Waals surface area contributed by atoms with Crippen LogP contribution in [0.5, 0.6) is 5.88 Å². The minimum absolute atomic E-state index is 0.187. The van der Waals surface area contributed by atoms with E-state index in [0.29, 0.717) is 5.88 Å². The van der Waals surface area contributed by atoms with Crippen LogP contribution in [-0.4, -0.2) is 42.2 Å². The Balaban J connectivity index is 2.52. The summed E-state index contributed by atoms with van der Waals surface area (Å²) < 4.78 is 10.4. The molecule has 0 radical (unpaired) electrons. The Kier molecular flexibility index (Phi) is 7.35. The predicted octanol–water partition coefficient (Wildman–Crippen LogP) is 2.03. The summed E-state index contributed by atoms with van der Waals surface area (Å²) in [5.74, 6) is 0.145. The van der Waals surface area contributed by atoms with Crippen LogP contribution in [0.3, 0.4) is 0 Å². The number of aromatic nitrogens is 1. The lowest BCUT2D eigenvalue weighted by molar-refractivity contribution is -0.138. The second-order valence-electron chi connectivity index (χ2n) is 4.15. The molecule has 1 rings (SSSR count). The summed E-state index contributed by atoms with van der Waals surface area (Å²) in [6.45, 7) is 10.8. The minimum Gasteiger partial charge on any atom is -0.474 e. The Morgan fingerprint density at radius 2 is 2.15 bits per heavy atom. The maximum atomic E-state index is 10.9. The monoisotopic (exact) mass is 278 g/mol. The molecular weight excluding hydrogens is 256 g/mol. The molecule has 5 nitrogen and oxygen atoms in total. The highest BCUT2D eigenvalue weighted by atomic mass is 16.6. The third-order valence-corrected chi connectivity index (χ3v) is 2.87. The Labute approximate surface area is 120 Å². The molecule has 0 spiro atoms. The molecule has 0 saturated carbocycles. The Hall–Kier alpha value is -1.88. The maximum absolute atomic E-state index is 10.9. The van der Waals surface area contributed by atoms with Gasteiger partial charge in [0, 0.05) is 24.4 Å². The molecule has 0 N–H and O–H groups in total. The van der Waals surface area contributed by atoms with Crippen molar-refractivity contribution in [3.8, 4) is 5.88 Å². The molecule has 1 heterocycles. The average molecular weight is 278 g/mol. The van der Waals surface area contributed by atoms with Gasteiger partial charge in [-0.1, -0.05) is 26.5 Å². The van der Waals surface area contributed by atoms with E-state index in [2.05, 4.69) is 30.3 Å². The second kappa shape index (κ2) is 9.09. The predicted molar refractivity (Wildman–Crippen MR) is 77.5 cm³/mol. The van der Waals surface area contributed by atoms with Gasteiger partial charge in [-0.3, -0.25) is 4.90 Å². The Bertz CT molecular complexity index is 431. The van der Waals surface area contributed by atoms with E-state index in [-0.39, 0.29) is 13.2 Å². The molecule has 1 aromatic heterocycles. The van der Waals surface area contributed by atoms with E-state index >= 15 is 0 Å². The molecule has 20 heavy (non-hydrogen) atoms. The van der Waals surface area contributed by atoms with Crippen LogP contribution in [0, 0.1) is 0 Å². The summed E-state index contributed by atoms with van der Waals surface area (Å²) in [6, 6.07) is 3.89. The number of esters is 1. The van der Waals surface area contributed by atoms with E-state index in [4.69, 9.17) is 9.47 Å². The van der Waals surface area contributed by atoms with Gasteiger partial charge in [0.05, 0.1) is 0 Å². The summed E-state index contributed by atoms with van der Waals surface area (Å²) in [5, 5.41) is 0. The molecule has 110 valence electrons. The van der Waals surface area contributed by atoms with E-state index in [1.54, 1.807) is 6.20 Å². The molecule has 5 heteroatoms. The molecule has 1 aromatic rings. The number of pyridine rings is 1. The van der Waals surface area contributed by atoms with Crippen LogP contribution in [0.1, 0.15) is 19.4 Å². The summed E-state index contributed by atoms with van der Waals surface area (Å²) in [6.07, 6.45) is 2.82. The first-order chi connectivity index (χ1) is 9.71. The number of nitrogens with zero attached hydrogens (tertiary/aromatic N) is 2. The lowest BCUT2D eigenvalue weighted by atomic mass is 10.2. The SMILES string of the molecule is C=CC(=O)OCCOc1ncccc1CN(CC)CC. The third-order valence-electron chi connectivity index (χ3n) is 2.87. The van der Waals surface area contributed by atoms with Crippen LogP contribution >= 0.6 is 0 Å². The molecule has 0 unspecified atom stereocenters. The Morgan fingerprint density at radius 1 is 1.40 bits per heavy atom. The normalized spacial score (nSPS) is 10.3. The third kappa shape index (κ3) is 5.40. The van der Waals surface area contributed by atoms with E-state index in [0.717, 1.165) is 31.3 Å². The van der Waals surface area contributed by atoms with Crippen molar-refractivity contribution in [3.63, 3.8) is 0 Å². The fourth-order valence-electron chi connectivity index (χ4n) is 1.70. The number of rotatable bonds is 9. The van der Waals surface area contributed by atoms with Gasteiger partial charge < -0.3 is 9.47 Å². The molecule has 0 aliphatic rings. The van der Waals surface area contributed by atoms with Gasteiger partial charge in [-0.2, -0.15) is 0 Å². The number of ether oxygens (including phenoxy) is 2. The van der Waals surface area contributed by atoms with Crippen molar-refractivity contribution in [2.24, 2.45) is 0 Å². The van der Waals surface area contributed by atoms with Crippen molar-refractivity contribution in [1.29, 1.82) is 0 Å². The molecule has 0 atom stereocenters. The lowest BCUT2D eigenvalue weighted by Crippen LogP contribution is -2.23. The van der Waals surface area contributed by atoms with E-state index < -0.39 is 5.97 Å². The Morgan fingerprint density at radius 3 is 2.80 bits per heavy atom. The zero-order valence-electron chi connectivity index (χ0n) is 12.2. The summed E-state index contributed by atoms with van der Waals surface area (Å²) in [5.41, 5.74) is 1.03.